The molecule has 1 N–H and O–H groups in total. The first-order chi connectivity index (χ1) is 11.2. The van der Waals surface area contributed by atoms with Crippen molar-refractivity contribution < 1.29 is 9.90 Å². The van der Waals surface area contributed by atoms with E-state index in [1.807, 2.05) is 36.4 Å². The number of benzene rings is 2. The minimum Gasteiger partial charge on any atom is -0.480 e. The van der Waals surface area contributed by atoms with E-state index in [9.17, 15) is 4.79 Å². The number of aliphatic carboxylic acids is 1. The highest BCUT2D eigenvalue weighted by Gasteiger charge is 2.10. The Morgan fingerprint density at radius 3 is 2.70 bits per heavy atom. The van der Waals surface area contributed by atoms with E-state index in [4.69, 9.17) is 5.11 Å². The zero-order valence-electron chi connectivity index (χ0n) is 13.0. The lowest BCUT2D eigenvalue weighted by atomic mass is 10.2. The molecule has 0 saturated carbocycles. The maximum atomic E-state index is 10.9. The van der Waals surface area contributed by atoms with Gasteiger partial charge >= 0.3 is 5.97 Å². The summed E-state index contributed by atoms with van der Waals surface area (Å²) < 4.78 is 1.65. The molecule has 1 heterocycles. The molecule has 118 valence electrons. The summed E-state index contributed by atoms with van der Waals surface area (Å²) in [5, 5.41) is 8.93. The molecule has 1 aromatic heterocycles. The number of fused-ring (bicyclic) bond motifs is 1. The monoisotopic (exact) mass is 309 g/mol. The van der Waals surface area contributed by atoms with Crippen LogP contribution >= 0.6 is 0 Å². The minimum absolute atomic E-state index is 0.0721. The SMILES string of the molecule is CCN(Cc1ccccc1)c1ccc2c(c1)ncn2CC(=O)O. The molecule has 0 saturated heterocycles. The van der Waals surface area contributed by atoms with E-state index in [0.29, 0.717) is 0 Å². The van der Waals surface area contributed by atoms with Crippen molar-refractivity contribution in [2.45, 2.75) is 20.0 Å². The number of carboxylic acid groups (broad SMARTS) is 1. The first-order valence-electron chi connectivity index (χ1n) is 7.63. The topological polar surface area (TPSA) is 58.4 Å². The van der Waals surface area contributed by atoms with Gasteiger partial charge in [0.1, 0.15) is 6.54 Å². The predicted molar refractivity (Wildman–Crippen MR) is 90.5 cm³/mol. The second kappa shape index (κ2) is 6.52. The van der Waals surface area contributed by atoms with Gasteiger partial charge in [0.05, 0.1) is 17.4 Å². The van der Waals surface area contributed by atoms with E-state index in [-0.39, 0.29) is 6.54 Å². The average Bonchev–Trinajstić information content (AvgIpc) is 2.95. The van der Waals surface area contributed by atoms with Crippen LogP contribution in [0, 0.1) is 0 Å². The summed E-state index contributed by atoms with van der Waals surface area (Å²) in [6, 6.07) is 16.3. The fourth-order valence-corrected chi connectivity index (χ4v) is 2.71. The molecule has 0 radical (unpaired) electrons. The van der Waals surface area contributed by atoms with E-state index in [0.717, 1.165) is 29.8 Å². The van der Waals surface area contributed by atoms with E-state index in [2.05, 4.69) is 28.9 Å². The van der Waals surface area contributed by atoms with Gasteiger partial charge in [0.2, 0.25) is 0 Å². The molecule has 0 spiro atoms. The van der Waals surface area contributed by atoms with Gasteiger partial charge in [0.25, 0.3) is 0 Å². The lowest BCUT2D eigenvalue weighted by Crippen LogP contribution is -2.21. The number of carboxylic acids is 1. The van der Waals surface area contributed by atoms with Crippen LogP contribution in [0.25, 0.3) is 11.0 Å². The summed E-state index contributed by atoms with van der Waals surface area (Å²) in [7, 11) is 0. The molecule has 0 bridgehead atoms. The normalized spacial score (nSPS) is 10.8. The molecule has 23 heavy (non-hydrogen) atoms. The molecule has 0 unspecified atom stereocenters. The van der Waals surface area contributed by atoms with Gasteiger partial charge in [0, 0.05) is 18.8 Å². The Morgan fingerprint density at radius 2 is 2.00 bits per heavy atom. The van der Waals surface area contributed by atoms with E-state index in [1.54, 1.807) is 10.9 Å². The number of carbonyl (C=O) groups is 1. The Hall–Kier alpha value is -2.82. The number of imidazole rings is 1. The molecule has 0 aliphatic rings. The van der Waals surface area contributed by atoms with Crippen molar-refractivity contribution in [1.82, 2.24) is 9.55 Å². The Bertz CT molecular complexity index is 812. The zero-order chi connectivity index (χ0) is 16.2. The van der Waals surface area contributed by atoms with Gasteiger partial charge in [-0.25, -0.2) is 4.98 Å². The summed E-state index contributed by atoms with van der Waals surface area (Å²) >= 11 is 0. The van der Waals surface area contributed by atoms with Gasteiger partial charge in [-0.15, -0.1) is 0 Å². The van der Waals surface area contributed by atoms with Crippen molar-refractivity contribution in [3.63, 3.8) is 0 Å². The Morgan fingerprint density at radius 1 is 1.22 bits per heavy atom. The third-order valence-corrected chi connectivity index (χ3v) is 3.87. The first kappa shape index (κ1) is 15.1. The summed E-state index contributed by atoms with van der Waals surface area (Å²) in [5.41, 5.74) is 4.00. The van der Waals surface area contributed by atoms with Crippen LogP contribution in [-0.4, -0.2) is 27.2 Å². The molecule has 0 fully saturated rings. The fourth-order valence-electron chi connectivity index (χ4n) is 2.71. The van der Waals surface area contributed by atoms with Crippen LogP contribution in [0.15, 0.2) is 54.9 Å². The van der Waals surface area contributed by atoms with Gasteiger partial charge in [-0.3, -0.25) is 4.79 Å². The van der Waals surface area contributed by atoms with Crippen LogP contribution in [0.3, 0.4) is 0 Å². The third-order valence-electron chi connectivity index (χ3n) is 3.87. The van der Waals surface area contributed by atoms with E-state index >= 15 is 0 Å². The Kier molecular flexibility index (Phi) is 4.28. The minimum atomic E-state index is -0.868. The second-order valence-electron chi connectivity index (χ2n) is 5.44. The van der Waals surface area contributed by atoms with Crippen LogP contribution in [0.4, 0.5) is 5.69 Å². The molecule has 0 aliphatic carbocycles. The quantitative estimate of drug-likeness (QED) is 0.760. The number of rotatable bonds is 6. The van der Waals surface area contributed by atoms with Crippen molar-refractivity contribution in [3.05, 3.63) is 60.4 Å². The maximum Gasteiger partial charge on any atom is 0.323 e. The summed E-state index contributed by atoms with van der Waals surface area (Å²) in [5.74, 6) is -0.868. The van der Waals surface area contributed by atoms with E-state index < -0.39 is 5.97 Å². The third kappa shape index (κ3) is 3.34. The van der Waals surface area contributed by atoms with Crippen molar-refractivity contribution in [3.8, 4) is 0 Å². The summed E-state index contributed by atoms with van der Waals surface area (Å²) in [4.78, 5) is 17.5. The predicted octanol–water partition coefficient (Wildman–Crippen LogP) is 3.15. The summed E-state index contributed by atoms with van der Waals surface area (Å²) in [6.07, 6.45) is 1.58. The fraction of sp³-hybridized carbons (Fsp3) is 0.222. The van der Waals surface area contributed by atoms with Crippen molar-refractivity contribution in [1.29, 1.82) is 0 Å². The molecule has 2 aromatic carbocycles. The highest BCUT2D eigenvalue weighted by molar-refractivity contribution is 5.81. The van der Waals surface area contributed by atoms with Gasteiger partial charge < -0.3 is 14.6 Å². The smallest absolute Gasteiger partial charge is 0.323 e. The maximum absolute atomic E-state index is 10.9. The number of hydrogen-bond donors (Lipinski definition) is 1. The highest BCUT2D eigenvalue weighted by atomic mass is 16.4. The number of hydrogen-bond acceptors (Lipinski definition) is 3. The Labute approximate surface area is 134 Å². The van der Waals surface area contributed by atoms with Crippen molar-refractivity contribution in [2.75, 3.05) is 11.4 Å². The average molecular weight is 309 g/mol. The molecule has 0 amide bonds. The number of aromatic nitrogens is 2. The molecule has 0 atom stereocenters. The first-order valence-corrected chi connectivity index (χ1v) is 7.63. The van der Waals surface area contributed by atoms with Gasteiger partial charge in [-0.05, 0) is 30.7 Å². The van der Waals surface area contributed by atoms with Gasteiger partial charge in [-0.1, -0.05) is 30.3 Å². The molecular formula is C18H19N3O2. The molecule has 3 rings (SSSR count). The van der Waals surface area contributed by atoms with Gasteiger partial charge in [-0.2, -0.15) is 0 Å². The second-order valence-corrected chi connectivity index (χ2v) is 5.44. The van der Waals surface area contributed by atoms with Crippen LogP contribution < -0.4 is 4.90 Å². The number of anilines is 1. The van der Waals surface area contributed by atoms with Crippen molar-refractivity contribution in [2.24, 2.45) is 0 Å². The summed E-state index contributed by atoms with van der Waals surface area (Å²) in [6.45, 7) is 3.77. The molecule has 0 aliphatic heterocycles. The zero-order valence-corrected chi connectivity index (χ0v) is 13.0. The lowest BCUT2D eigenvalue weighted by molar-refractivity contribution is -0.137. The number of nitrogens with zero attached hydrogens (tertiary/aromatic N) is 3. The molecule has 5 nitrogen and oxygen atoms in total. The molecule has 3 aromatic rings. The molecular weight excluding hydrogens is 290 g/mol. The van der Waals surface area contributed by atoms with E-state index in [1.165, 1.54) is 5.56 Å². The van der Waals surface area contributed by atoms with Crippen LogP contribution in [0.2, 0.25) is 0 Å². The van der Waals surface area contributed by atoms with Crippen molar-refractivity contribution >= 4 is 22.7 Å². The van der Waals surface area contributed by atoms with Crippen LogP contribution in [0.5, 0.6) is 0 Å². The largest absolute Gasteiger partial charge is 0.480 e. The van der Waals surface area contributed by atoms with Crippen LogP contribution in [0.1, 0.15) is 12.5 Å². The molecule has 5 heteroatoms. The Balaban J connectivity index is 1.88. The standard InChI is InChI=1S/C18H19N3O2/c1-2-20(11-14-6-4-3-5-7-14)15-8-9-17-16(10-15)19-13-21(17)12-18(22)23/h3-10,13H,2,11-12H2,1H3,(H,22,23). The lowest BCUT2D eigenvalue weighted by Gasteiger charge is -2.23. The van der Waals surface area contributed by atoms with Gasteiger partial charge in [0.15, 0.2) is 0 Å². The van der Waals surface area contributed by atoms with Crippen LogP contribution in [-0.2, 0) is 17.9 Å². The highest BCUT2D eigenvalue weighted by Crippen LogP contribution is 2.23.